The minimum Gasteiger partial charge on any atom is -0.507 e. The Labute approximate surface area is 128 Å². The molecule has 4 saturated carbocycles. The van der Waals surface area contributed by atoms with E-state index < -0.39 is 0 Å². The van der Waals surface area contributed by atoms with Crippen molar-refractivity contribution < 1.29 is 10.4 Å². The van der Waals surface area contributed by atoms with Crippen LogP contribution in [-0.4, -0.2) is 11.1 Å². The van der Waals surface area contributed by atoms with Crippen molar-refractivity contribution in [2.45, 2.75) is 58.0 Å². The molecule has 0 heterocycles. The van der Waals surface area contributed by atoms with Crippen LogP contribution in [-0.2, 0) is 6.54 Å². The van der Waals surface area contributed by atoms with Crippen LogP contribution >= 0.6 is 0 Å². The molecule has 0 saturated heterocycles. The summed E-state index contributed by atoms with van der Waals surface area (Å²) in [5, 5.41) is 12.4. The van der Waals surface area contributed by atoms with Crippen LogP contribution < -0.4 is 5.32 Å². The Morgan fingerprint density at radius 1 is 1.10 bits per heavy atom. The number of phenols is 1. The molecule has 114 valence electrons. The summed E-state index contributed by atoms with van der Waals surface area (Å²) in [6.07, 6.45) is 8.97. The van der Waals surface area contributed by atoms with Gasteiger partial charge in [0.05, 0.1) is 6.04 Å². The summed E-state index contributed by atoms with van der Waals surface area (Å²) in [5.74, 6) is 3.53. The monoisotopic (exact) mass is 286 g/mol. The molecule has 4 fully saturated rings. The third kappa shape index (κ3) is 2.38. The van der Waals surface area contributed by atoms with Crippen molar-refractivity contribution >= 4 is 0 Å². The predicted molar refractivity (Wildman–Crippen MR) is 83.8 cm³/mol. The maximum absolute atomic E-state index is 9.94. The van der Waals surface area contributed by atoms with Crippen LogP contribution in [0.25, 0.3) is 0 Å². The number of hydrogen-bond donors (Lipinski definition) is 2. The van der Waals surface area contributed by atoms with Gasteiger partial charge in [-0.05, 0) is 75.3 Å². The fourth-order valence-corrected chi connectivity index (χ4v) is 5.97. The van der Waals surface area contributed by atoms with Crippen molar-refractivity contribution in [1.29, 1.82) is 0 Å². The summed E-state index contributed by atoms with van der Waals surface area (Å²) < 4.78 is 0. The smallest absolute Gasteiger partial charge is 0.124 e. The van der Waals surface area contributed by atoms with E-state index in [0.29, 0.717) is 17.2 Å². The van der Waals surface area contributed by atoms with Gasteiger partial charge in [-0.2, -0.15) is 0 Å². The van der Waals surface area contributed by atoms with Crippen LogP contribution in [0.5, 0.6) is 5.75 Å². The topological polar surface area (TPSA) is 36.8 Å². The van der Waals surface area contributed by atoms with Crippen molar-refractivity contribution in [3.05, 3.63) is 29.8 Å². The summed E-state index contributed by atoms with van der Waals surface area (Å²) in [6.45, 7) is 3.35. The first-order valence-electron chi connectivity index (χ1n) is 8.75. The zero-order valence-electron chi connectivity index (χ0n) is 13.1. The first-order valence-corrected chi connectivity index (χ1v) is 8.75. The predicted octanol–water partition coefficient (Wildman–Crippen LogP) is 3.06. The van der Waals surface area contributed by atoms with Gasteiger partial charge in [0.2, 0.25) is 0 Å². The average Bonchev–Trinajstić information content (AvgIpc) is 2.44. The maximum Gasteiger partial charge on any atom is 0.124 e. The molecule has 2 nitrogen and oxygen atoms in total. The Kier molecular flexibility index (Phi) is 3.25. The van der Waals surface area contributed by atoms with Crippen molar-refractivity contribution in [2.24, 2.45) is 23.2 Å². The highest BCUT2D eigenvalue weighted by Gasteiger charge is 2.54. The summed E-state index contributed by atoms with van der Waals surface area (Å²) >= 11 is 0. The molecule has 0 aliphatic heterocycles. The lowest BCUT2D eigenvalue weighted by Crippen LogP contribution is -2.91. The molecule has 2 heteroatoms. The third-order valence-electron chi connectivity index (χ3n) is 6.73. The van der Waals surface area contributed by atoms with E-state index in [2.05, 4.69) is 18.3 Å². The van der Waals surface area contributed by atoms with E-state index in [1.807, 2.05) is 12.1 Å². The number of phenolic OH excluding ortho intramolecular Hbond substituents is 1. The Hall–Kier alpha value is -1.02. The molecule has 4 aliphatic rings. The van der Waals surface area contributed by atoms with E-state index >= 15 is 0 Å². The molecule has 1 aromatic rings. The van der Waals surface area contributed by atoms with Crippen molar-refractivity contribution in [2.75, 3.05) is 0 Å². The highest BCUT2D eigenvalue weighted by atomic mass is 16.3. The molecular formula is C19H28NO+. The van der Waals surface area contributed by atoms with Gasteiger partial charge >= 0.3 is 0 Å². The molecule has 1 aromatic carbocycles. The summed E-state index contributed by atoms with van der Waals surface area (Å²) in [5.41, 5.74) is 1.67. The molecule has 0 radical (unpaired) electrons. The van der Waals surface area contributed by atoms with Crippen LogP contribution in [0.15, 0.2) is 24.3 Å². The van der Waals surface area contributed by atoms with E-state index in [1.54, 1.807) is 6.07 Å². The van der Waals surface area contributed by atoms with E-state index in [1.165, 1.54) is 38.5 Å². The normalized spacial score (nSPS) is 38.6. The Morgan fingerprint density at radius 2 is 1.67 bits per heavy atom. The Morgan fingerprint density at radius 3 is 2.24 bits per heavy atom. The minimum atomic E-state index is 0.450. The van der Waals surface area contributed by atoms with Crippen molar-refractivity contribution in [1.82, 2.24) is 0 Å². The number of benzene rings is 1. The van der Waals surface area contributed by atoms with E-state index in [0.717, 1.165) is 29.9 Å². The van der Waals surface area contributed by atoms with E-state index in [4.69, 9.17) is 0 Å². The Bertz CT molecular complexity index is 489. The number of hydrogen-bond acceptors (Lipinski definition) is 1. The van der Waals surface area contributed by atoms with Gasteiger partial charge in [-0.25, -0.2) is 0 Å². The van der Waals surface area contributed by atoms with E-state index in [-0.39, 0.29) is 0 Å². The molecule has 5 rings (SSSR count). The summed E-state index contributed by atoms with van der Waals surface area (Å²) in [4.78, 5) is 0. The van der Waals surface area contributed by atoms with Gasteiger partial charge in [-0.3, -0.25) is 0 Å². The molecule has 4 bridgehead atoms. The van der Waals surface area contributed by atoms with Crippen molar-refractivity contribution in [3.8, 4) is 5.75 Å². The second kappa shape index (κ2) is 5.01. The van der Waals surface area contributed by atoms with Gasteiger partial charge in [0.15, 0.2) is 0 Å². The lowest BCUT2D eigenvalue weighted by molar-refractivity contribution is -0.717. The largest absolute Gasteiger partial charge is 0.507 e. The van der Waals surface area contributed by atoms with E-state index in [9.17, 15) is 5.11 Å². The number of nitrogens with two attached hydrogens (primary N) is 1. The second-order valence-corrected chi connectivity index (χ2v) is 8.14. The van der Waals surface area contributed by atoms with Gasteiger partial charge in [0, 0.05) is 11.0 Å². The maximum atomic E-state index is 9.94. The number of para-hydroxylation sites is 1. The van der Waals surface area contributed by atoms with Gasteiger partial charge in [-0.15, -0.1) is 0 Å². The van der Waals surface area contributed by atoms with Crippen LogP contribution in [0.1, 0.15) is 51.0 Å². The zero-order chi connectivity index (χ0) is 14.4. The molecule has 0 amide bonds. The number of aromatic hydroxyl groups is 1. The fourth-order valence-electron chi connectivity index (χ4n) is 5.97. The van der Waals surface area contributed by atoms with Crippen LogP contribution in [0, 0.1) is 23.2 Å². The fraction of sp³-hybridized carbons (Fsp3) is 0.684. The lowest BCUT2D eigenvalue weighted by atomic mass is 9.48. The molecular weight excluding hydrogens is 258 g/mol. The highest BCUT2D eigenvalue weighted by molar-refractivity contribution is 5.30. The van der Waals surface area contributed by atoms with Gasteiger partial charge < -0.3 is 10.4 Å². The molecule has 4 aliphatic carbocycles. The highest BCUT2D eigenvalue weighted by Crippen LogP contribution is 2.60. The van der Waals surface area contributed by atoms with Crippen LogP contribution in [0.4, 0.5) is 0 Å². The van der Waals surface area contributed by atoms with Gasteiger partial charge in [0.1, 0.15) is 12.3 Å². The summed E-state index contributed by atoms with van der Waals surface area (Å²) in [7, 11) is 0. The molecule has 0 aromatic heterocycles. The average molecular weight is 286 g/mol. The van der Waals surface area contributed by atoms with Gasteiger partial charge in [-0.1, -0.05) is 12.1 Å². The first kappa shape index (κ1) is 13.6. The summed E-state index contributed by atoms with van der Waals surface area (Å²) in [6, 6.07) is 8.47. The Balaban J connectivity index is 1.45. The lowest BCUT2D eigenvalue weighted by Gasteiger charge is -2.57. The first-order chi connectivity index (χ1) is 10.1. The third-order valence-corrected chi connectivity index (χ3v) is 6.73. The number of rotatable bonds is 4. The molecule has 0 spiro atoms. The minimum absolute atomic E-state index is 0.450. The zero-order valence-corrected chi connectivity index (χ0v) is 13.1. The second-order valence-electron chi connectivity index (χ2n) is 8.14. The van der Waals surface area contributed by atoms with Gasteiger partial charge in [0.25, 0.3) is 0 Å². The molecule has 1 atom stereocenters. The number of quaternary nitrogens is 1. The standard InChI is InChI=1S/C19H27NO/c1-13(20-12-17-4-2-3-5-18(17)21)19-9-14-6-15(10-19)8-16(7-14)11-19/h2-5,13-16,20-21H,6-12H2,1H3/p+1/t13-,14?,15?,16?,19?/m0/s1. The van der Waals surface area contributed by atoms with Crippen molar-refractivity contribution in [3.63, 3.8) is 0 Å². The quantitative estimate of drug-likeness (QED) is 0.877. The van der Waals surface area contributed by atoms with Crippen LogP contribution in [0.3, 0.4) is 0 Å². The molecule has 3 N–H and O–H groups in total. The molecule has 21 heavy (non-hydrogen) atoms. The van der Waals surface area contributed by atoms with Crippen LogP contribution in [0.2, 0.25) is 0 Å². The molecule has 0 unspecified atom stereocenters. The SMILES string of the molecule is C[C@H]([NH2+]Cc1ccccc1O)C12CC3CC(CC(C3)C1)C2.